The zero-order valence-corrected chi connectivity index (χ0v) is 10.7. The van der Waals surface area contributed by atoms with E-state index in [9.17, 15) is 9.59 Å². The minimum atomic E-state index is -0.117. The largest absolute Gasteiger partial charge is 0.323 e. The third-order valence-electron chi connectivity index (χ3n) is 2.75. The molecule has 1 aliphatic rings. The van der Waals surface area contributed by atoms with Crippen LogP contribution in [0.3, 0.4) is 0 Å². The summed E-state index contributed by atoms with van der Waals surface area (Å²) in [4.78, 5) is 23.5. The average Bonchev–Trinajstić information content (AvgIpc) is 2.40. The third-order valence-corrected chi connectivity index (χ3v) is 2.75. The van der Waals surface area contributed by atoms with Crippen LogP contribution in [-0.4, -0.2) is 38.0 Å². The normalized spacial score (nSPS) is 18.1. The van der Waals surface area contributed by atoms with Crippen molar-refractivity contribution in [1.82, 2.24) is 10.6 Å². The van der Waals surface area contributed by atoms with Crippen LogP contribution in [0.25, 0.3) is 0 Å². The van der Waals surface area contributed by atoms with Gasteiger partial charge in [-0.1, -0.05) is 12.1 Å². The Morgan fingerprint density at radius 3 is 1.74 bits per heavy atom. The molecular formula is C13H18N4O2. The number of fused-ring (bicyclic) bond motifs is 1. The molecule has 6 nitrogen and oxygen atoms in total. The van der Waals surface area contributed by atoms with Gasteiger partial charge in [0.05, 0.1) is 24.5 Å². The van der Waals surface area contributed by atoms with Crippen LogP contribution in [0.15, 0.2) is 24.3 Å². The van der Waals surface area contributed by atoms with Crippen molar-refractivity contribution in [2.45, 2.75) is 6.42 Å². The van der Waals surface area contributed by atoms with Gasteiger partial charge in [0.25, 0.3) is 0 Å². The summed E-state index contributed by atoms with van der Waals surface area (Å²) in [6.45, 7) is 2.01. The van der Waals surface area contributed by atoms with Gasteiger partial charge in [0, 0.05) is 0 Å². The van der Waals surface area contributed by atoms with Crippen molar-refractivity contribution in [3.63, 3.8) is 0 Å². The number of nitrogens with one attached hydrogen (secondary N) is 4. The number of para-hydroxylation sites is 2. The molecule has 2 amide bonds. The van der Waals surface area contributed by atoms with Gasteiger partial charge in [-0.25, -0.2) is 0 Å². The molecule has 0 saturated heterocycles. The summed E-state index contributed by atoms with van der Waals surface area (Å²) >= 11 is 0. The smallest absolute Gasteiger partial charge is 0.238 e. The first-order valence-electron chi connectivity index (χ1n) is 6.36. The Bertz CT molecular complexity index is 421. The van der Waals surface area contributed by atoms with E-state index in [1.165, 1.54) is 0 Å². The number of carbonyl (C=O) groups excluding carboxylic acids is 2. The van der Waals surface area contributed by atoms with Crippen molar-refractivity contribution in [3.8, 4) is 0 Å². The summed E-state index contributed by atoms with van der Waals surface area (Å²) in [5, 5.41) is 11.7. The Kier molecular flexibility index (Phi) is 4.88. The monoisotopic (exact) mass is 262 g/mol. The number of anilines is 2. The zero-order valence-electron chi connectivity index (χ0n) is 10.7. The van der Waals surface area contributed by atoms with Crippen molar-refractivity contribution in [3.05, 3.63) is 24.3 Å². The molecule has 6 heteroatoms. The van der Waals surface area contributed by atoms with Crippen molar-refractivity contribution in [1.29, 1.82) is 0 Å². The number of hydrogen-bond acceptors (Lipinski definition) is 4. The lowest BCUT2D eigenvalue weighted by molar-refractivity contribution is -0.116. The van der Waals surface area contributed by atoms with Gasteiger partial charge in [-0.05, 0) is 31.6 Å². The van der Waals surface area contributed by atoms with E-state index >= 15 is 0 Å². The number of amides is 2. The minimum Gasteiger partial charge on any atom is -0.323 e. The molecule has 0 fully saturated rings. The van der Waals surface area contributed by atoms with E-state index in [0.29, 0.717) is 11.4 Å². The third kappa shape index (κ3) is 4.35. The molecule has 0 unspecified atom stereocenters. The van der Waals surface area contributed by atoms with Crippen LogP contribution in [0, 0.1) is 0 Å². The Morgan fingerprint density at radius 1 is 0.789 bits per heavy atom. The molecule has 0 saturated carbocycles. The fraction of sp³-hybridized carbons (Fsp3) is 0.385. The molecule has 0 bridgehead atoms. The van der Waals surface area contributed by atoms with Gasteiger partial charge in [0.2, 0.25) is 11.8 Å². The van der Waals surface area contributed by atoms with Crippen LogP contribution in [0.2, 0.25) is 0 Å². The van der Waals surface area contributed by atoms with E-state index < -0.39 is 0 Å². The predicted molar refractivity (Wildman–Crippen MR) is 74.1 cm³/mol. The zero-order chi connectivity index (χ0) is 13.5. The molecule has 1 aromatic carbocycles. The second-order valence-corrected chi connectivity index (χ2v) is 4.35. The molecule has 102 valence electrons. The summed E-state index contributed by atoms with van der Waals surface area (Å²) in [6.07, 6.45) is 0.869. The van der Waals surface area contributed by atoms with E-state index in [4.69, 9.17) is 0 Å². The summed E-state index contributed by atoms with van der Waals surface area (Å²) in [5.74, 6) is -0.234. The maximum Gasteiger partial charge on any atom is 0.238 e. The lowest BCUT2D eigenvalue weighted by atomic mass is 10.2. The maximum atomic E-state index is 11.7. The fourth-order valence-electron chi connectivity index (χ4n) is 1.83. The highest BCUT2D eigenvalue weighted by Crippen LogP contribution is 2.20. The molecule has 0 spiro atoms. The Balaban J connectivity index is 2.13. The van der Waals surface area contributed by atoms with E-state index in [1.54, 1.807) is 12.1 Å². The SMILES string of the molecule is O=C1CNCCCNCC(=O)Nc2ccccc2N1. The van der Waals surface area contributed by atoms with Crippen LogP contribution in [0.1, 0.15) is 6.42 Å². The molecule has 1 aromatic rings. The van der Waals surface area contributed by atoms with Gasteiger partial charge < -0.3 is 21.3 Å². The number of carbonyl (C=O) groups is 2. The fourth-order valence-corrected chi connectivity index (χ4v) is 1.83. The average molecular weight is 262 g/mol. The number of benzene rings is 1. The molecular weight excluding hydrogens is 244 g/mol. The molecule has 0 aromatic heterocycles. The molecule has 19 heavy (non-hydrogen) atoms. The van der Waals surface area contributed by atoms with Gasteiger partial charge in [0.15, 0.2) is 0 Å². The van der Waals surface area contributed by atoms with Gasteiger partial charge in [-0.3, -0.25) is 9.59 Å². The van der Waals surface area contributed by atoms with Crippen molar-refractivity contribution < 1.29 is 9.59 Å². The van der Waals surface area contributed by atoms with Crippen LogP contribution in [0.4, 0.5) is 11.4 Å². The van der Waals surface area contributed by atoms with Crippen molar-refractivity contribution in [2.75, 3.05) is 36.8 Å². The summed E-state index contributed by atoms with van der Waals surface area (Å²) in [6, 6.07) is 7.16. The molecule has 0 atom stereocenters. The number of rotatable bonds is 0. The topological polar surface area (TPSA) is 82.3 Å². The lowest BCUT2D eigenvalue weighted by Gasteiger charge is -2.11. The highest BCUT2D eigenvalue weighted by molar-refractivity contribution is 6.00. The molecule has 0 aliphatic carbocycles. The maximum absolute atomic E-state index is 11.7. The second-order valence-electron chi connectivity index (χ2n) is 4.35. The van der Waals surface area contributed by atoms with Gasteiger partial charge in [0.1, 0.15) is 0 Å². The van der Waals surface area contributed by atoms with Gasteiger partial charge in [-0.2, -0.15) is 0 Å². The van der Waals surface area contributed by atoms with E-state index in [1.807, 2.05) is 12.1 Å². The quantitative estimate of drug-likeness (QED) is 0.536. The van der Waals surface area contributed by atoms with E-state index in [-0.39, 0.29) is 24.9 Å². The van der Waals surface area contributed by atoms with E-state index in [0.717, 1.165) is 19.5 Å². The minimum absolute atomic E-state index is 0.117. The predicted octanol–water partition coefficient (Wildman–Crippen LogP) is 0.146. The Hall–Kier alpha value is -1.92. The van der Waals surface area contributed by atoms with Gasteiger partial charge >= 0.3 is 0 Å². The van der Waals surface area contributed by atoms with Crippen LogP contribution >= 0.6 is 0 Å². The van der Waals surface area contributed by atoms with Gasteiger partial charge in [-0.15, -0.1) is 0 Å². The van der Waals surface area contributed by atoms with Crippen molar-refractivity contribution in [2.24, 2.45) is 0 Å². The van der Waals surface area contributed by atoms with Crippen molar-refractivity contribution >= 4 is 23.2 Å². The van der Waals surface area contributed by atoms with E-state index in [2.05, 4.69) is 21.3 Å². The Labute approximate surface area is 112 Å². The van der Waals surface area contributed by atoms with Crippen LogP contribution < -0.4 is 21.3 Å². The highest BCUT2D eigenvalue weighted by Gasteiger charge is 2.09. The first-order valence-corrected chi connectivity index (χ1v) is 6.36. The second kappa shape index (κ2) is 6.86. The summed E-state index contributed by atoms with van der Waals surface area (Å²) in [7, 11) is 0. The number of hydrogen-bond donors (Lipinski definition) is 4. The van der Waals surface area contributed by atoms with Crippen LogP contribution in [0.5, 0.6) is 0 Å². The lowest BCUT2D eigenvalue weighted by Crippen LogP contribution is -2.31. The van der Waals surface area contributed by atoms with Crippen LogP contribution in [-0.2, 0) is 9.59 Å². The molecule has 0 radical (unpaired) electrons. The first kappa shape index (κ1) is 13.5. The highest BCUT2D eigenvalue weighted by atomic mass is 16.2. The molecule has 2 rings (SSSR count). The summed E-state index contributed by atoms with van der Waals surface area (Å²) in [5.41, 5.74) is 1.23. The molecule has 1 heterocycles. The summed E-state index contributed by atoms with van der Waals surface area (Å²) < 4.78 is 0. The molecule has 4 N–H and O–H groups in total. The molecule has 1 aliphatic heterocycles. The standard InChI is InChI=1S/C13H18N4O2/c18-12-8-14-6-3-7-15-9-13(19)17-11-5-2-1-4-10(11)16-12/h1-2,4-5,14-15H,3,6-9H2,(H,16,18)(H,17,19). The first-order chi connectivity index (χ1) is 9.25. The Morgan fingerprint density at radius 2 is 1.26 bits per heavy atom.